The Morgan fingerprint density at radius 2 is 1.88 bits per heavy atom. The molecule has 0 spiro atoms. The second kappa shape index (κ2) is 12.1. The van der Waals surface area contributed by atoms with Gasteiger partial charge in [-0.3, -0.25) is 4.79 Å². The number of amidine groups is 1. The summed E-state index contributed by atoms with van der Waals surface area (Å²) in [5.41, 5.74) is 10.7. The number of aryl methyl sites for hydroxylation is 1. The van der Waals surface area contributed by atoms with E-state index in [9.17, 15) is 4.79 Å². The zero-order valence-corrected chi connectivity index (χ0v) is 21.2. The Bertz CT molecular complexity index is 821. The minimum absolute atomic E-state index is 0.113. The number of benzene rings is 1. The van der Waals surface area contributed by atoms with Crippen LogP contribution in [0.5, 0.6) is 0 Å². The molecule has 1 heterocycles. The minimum atomic E-state index is 0.113. The van der Waals surface area contributed by atoms with Crippen LogP contribution in [0.4, 0.5) is 0 Å². The van der Waals surface area contributed by atoms with Gasteiger partial charge in [0.15, 0.2) is 0 Å². The van der Waals surface area contributed by atoms with Crippen molar-refractivity contribution in [3.63, 3.8) is 0 Å². The molecule has 0 aliphatic carbocycles. The van der Waals surface area contributed by atoms with Crippen LogP contribution in [0.1, 0.15) is 84.3 Å². The fourth-order valence-corrected chi connectivity index (χ4v) is 4.76. The van der Waals surface area contributed by atoms with Gasteiger partial charge in [-0.15, -0.1) is 0 Å². The maximum Gasteiger partial charge on any atom is 0.223 e. The number of carbonyl (C=O) groups is 1. The van der Waals surface area contributed by atoms with E-state index < -0.39 is 0 Å². The number of hydrogen-bond donors (Lipinski definition) is 2. The maximum absolute atomic E-state index is 12.5. The number of nitrogens with one attached hydrogen (secondary N) is 1. The van der Waals surface area contributed by atoms with E-state index in [-0.39, 0.29) is 23.8 Å². The predicted molar refractivity (Wildman–Crippen MR) is 136 cm³/mol. The molecule has 1 aliphatic heterocycles. The fraction of sp³-hybridized carbons (Fsp3) is 0.630. The average Bonchev–Trinajstić information content (AvgIpc) is 3.22. The lowest BCUT2D eigenvalue weighted by Gasteiger charge is -2.26. The highest BCUT2D eigenvalue weighted by atomic mass is 16.1. The van der Waals surface area contributed by atoms with Crippen LogP contribution in [0.25, 0.3) is 0 Å². The Kier molecular flexibility index (Phi) is 9.80. The second-order valence-electron chi connectivity index (χ2n) is 9.34. The van der Waals surface area contributed by atoms with E-state index in [1.807, 2.05) is 6.92 Å². The standard InChI is InChI=1S/C27H44N4O/c1-8-22(9-2)27(32)29-23-15-16-31(17-23)25(10-3)30-26(21(7)28)20(6)19(5)24-14-12-11-13-18(24)4/h11-14,19-20,22-23H,8-10,15-17,28H2,1-7H3,(H,29,32)/b26-21+,30-25?/t19?,20-,23+/m1/s1. The molecule has 0 radical (unpaired) electrons. The first-order chi connectivity index (χ1) is 15.2. The smallest absolute Gasteiger partial charge is 0.223 e. The van der Waals surface area contributed by atoms with Crippen molar-refractivity contribution in [1.29, 1.82) is 0 Å². The number of aliphatic imine (C=N–C) groups is 1. The fourth-order valence-electron chi connectivity index (χ4n) is 4.76. The van der Waals surface area contributed by atoms with Gasteiger partial charge in [-0.25, -0.2) is 4.99 Å². The van der Waals surface area contributed by atoms with Crippen molar-refractivity contribution in [3.8, 4) is 0 Å². The number of amides is 1. The Morgan fingerprint density at radius 1 is 1.22 bits per heavy atom. The lowest BCUT2D eigenvalue weighted by Crippen LogP contribution is -2.41. The first kappa shape index (κ1) is 26.0. The second-order valence-corrected chi connectivity index (χ2v) is 9.34. The van der Waals surface area contributed by atoms with Crippen LogP contribution >= 0.6 is 0 Å². The van der Waals surface area contributed by atoms with E-state index in [0.29, 0.717) is 5.92 Å². The molecule has 5 heteroatoms. The molecule has 2 rings (SSSR count). The highest BCUT2D eigenvalue weighted by Crippen LogP contribution is 2.33. The van der Waals surface area contributed by atoms with E-state index >= 15 is 0 Å². The normalized spacial score (nSPS) is 19.7. The van der Waals surface area contributed by atoms with E-state index in [2.05, 4.69) is 76.0 Å². The molecule has 1 aliphatic rings. The SMILES string of the molecule is CCC(=N/C(=C(\C)N)[C@H](C)C(C)c1ccccc1C)N1CC[C@H](NC(=O)C(CC)CC)C1. The molecule has 0 aromatic heterocycles. The molecule has 0 saturated carbocycles. The van der Waals surface area contributed by atoms with Crippen molar-refractivity contribution in [2.45, 2.75) is 86.1 Å². The van der Waals surface area contributed by atoms with Gasteiger partial charge in [0.2, 0.25) is 5.91 Å². The summed E-state index contributed by atoms with van der Waals surface area (Å²) in [6, 6.07) is 8.75. The third-order valence-corrected chi connectivity index (χ3v) is 7.09. The summed E-state index contributed by atoms with van der Waals surface area (Å²) in [4.78, 5) is 20.0. The van der Waals surface area contributed by atoms with Gasteiger partial charge in [0, 0.05) is 43.1 Å². The Hall–Kier alpha value is -2.30. The van der Waals surface area contributed by atoms with Gasteiger partial charge in [-0.2, -0.15) is 0 Å². The van der Waals surface area contributed by atoms with Crippen LogP contribution in [0.15, 0.2) is 40.7 Å². The third-order valence-electron chi connectivity index (χ3n) is 7.09. The number of hydrogen-bond acceptors (Lipinski definition) is 3. The molecular formula is C27H44N4O. The zero-order valence-electron chi connectivity index (χ0n) is 21.2. The van der Waals surface area contributed by atoms with E-state index in [1.165, 1.54) is 11.1 Å². The molecule has 1 amide bonds. The van der Waals surface area contributed by atoms with Gasteiger partial charge in [0.05, 0.1) is 5.70 Å². The zero-order chi connectivity index (χ0) is 23.8. The first-order valence-corrected chi connectivity index (χ1v) is 12.4. The number of rotatable bonds is 9. The Morgan fingerprint density at radius 3 is 2.44 bits per heavy atom. The monoisotopic (exact) mass is 440 g/mol. The van der Waals surface area contributed by atoms with Crippen molar-refractivity contribution < 1.29 is 4.79 Å². The molecule has 3 N–H and O–H groups in total. The number of nitrogens with zero attached hydrogens (tertiary/aromatic N) is 2. The van der Waals surface area contributed by atoms with Crippen molar-refractivity contribution in [3.05, 3.63) is 46.8 Å². The average molecular weight is 441 g/mol. The van der Waals surface area contributed by atoms with Gasteiger partial charge < -0.3 is 16.0 Å². The van der Waals surface area contributed by atoms with Crippen molar-refractivity contribution in [2.75, 3.05) is 13.1 Å². The molecule has 5 nitrogen and oxygen atoms in total. The summed E-state index contributed by atoms with van der Waals surface area (Å²) in [6.45, 7) is 16.6. The van der Waals surface area contributed by atoms with Crippen molar-refractivity contribution >= 4 is 11.7 Å². The highest BCUT2D eigenvalue weighted by molar-refractivity contribution is 5.84. The van der Waals surface area contributed by atoms with Gasteiger partial charge >= 0.3 is 0 Å². The van der Waals surface area contributed by atoms with Crippen LogP contribution in [0, 0.1) is 18.8 Å². The topological polar surface area (TPSA) is 70.7 Å². The quantitative estimate of drug-likeness (QED) is 0.401. The molecule has 1 fully saturated rings. The van der Waals surface area contributed by atoms with Crippen LogP contribution in [0.3, 0.4) is 0 Å². The molecule has 1 saturated heterocycles. The van der Waals surface area contributed by atoms with E-state index in [1.54, 1.807) is 0 Å². The van der Waals surface area contributed by atoms with Gasteiger partial charge in [-0.1, -0.05) is 58.9 Å². The number of nitrogens with two attached hydrogens (primary N) is 1. The summed E-state index contributed by atoms with van der Waals surface area (Å²) in [5.74, 6) is 1.89. The lowest BCUT2D eigenvalue weighted by molar-refractivity contribution is -0.125. The predicted octanol–water partition coefficient (Wildman–Crippen LogP) is 5.36. The molecule has 1 aromatic carbocycles. The molecule has 178 valence electrons. The maximum atomic E-state index is 12.5. The molecule has 32 heavy (non-hydrogen) atoms. The molecule has 0 bridgehead atoms. The van der Waals surface area contributed by atoms with Crippen LogP contribution in [-0.2, 0) is 4.79 Å². The molecular weight excluding hydrogens is 396 g/mol. The summed E-state index contributed by atoms with van der Waals surface area (Å²) in [6.07, 6.45) is 3.58. The van der Waals surface area contributed by atoms with E-state index in [4.69, 9.17) is 10.7 Å². The number of carbonyl (C=O) groups excluding carboxylic acids is 1. The van der Waals surface area contributed by atoms with Crippen LogP contribution in [0.2, 0.25) is 0 Å². The number of likely N-dealkylation sites (tertiary alicyclic amines) is 1. The summed E-state index contributed by atoms with van der Waals surface area (Å²) in [5, 5.41) is 3.26. The van der Waals surface area contributed by atoms with Crippen LogP contribution < -0.4 is 11.1 Å². The number of allylic oxidation sites excluding steroid dienone is 2. The molecule has 3 atom stereocenters. The van der Waals surface area contributed by atoms with Crippen LogP contribution in [-0.4, -0.2) is 35.8 Å². The van der Waals surface area contributed by atoms with Gasteiger partial charge in [0.1, 0.15) is 5.84 Å². The van der Waals surface area contributed by atoms with E-state index in [0.717, 1.165) is 56.0 Å². The van der Waals surface area contributed by atoms with Gasteiger partial charge in [0.25, 0.3) is 0 Å². The summed E-state index contributed by atoms with van der Waals surface area (Å²) >= 11 is 0. The molecule has 1 aromatic rings. The lowest BCUT2D eigenvalue weighted by atomic mass is 9.84. The third kappa shape index (κ3) is 6.36. The molecule has 1 unspecified atom stereocenters. The largest absolute Gasteiger partial charge is 0.401 e. The van der Waals surface area contributed by atoms with Crippen molar-refractivity contribution in [2.24, 2.45) is 22.6 Å². The van der Waals surface area contributed by atoms with Gasteiger partial charge in [-0.05, 0) is 50.2 Å². The summed E-state index contributed by atoms with van der Waals surface area (Å²) in [7, 11) is 0. The Labute approximate surface area is 195 Å². The minimum Gasteiger partial charge on any atom is -0.401 e. The first-order valence-electron chi connectivity index (χ1n) is 12.4. The highest BCUT2D eigenvalue weighted by Gasteiger charge is 2.28. The van der Waals surface area contributed by atoms with Crippen molar-refractivity contribution in [1.82, 2.24) is 10.2 Å². The summed E-state index contributed by atoms with van der Waals surface area (Å²) < 4.78 is 0. The Balaban J connectivity index is 2.16.